The summed E-state index contributed by atoms with van der Waals surface area (Å²) in [6.45, 7) is 0.308. The second kappa shape index (κ2) is 6.90. The zero-order valence-electron chi connectivity index (χ0n) is 11.1. The van der Waals surface area contributed by atoms with Crippen molar-refractivity contribution in [1.82, 2.24) is 14.9 Å². The van der Waals surface area contributed by atoms with Gasteiger partial charge in [0, 0.05) is 23.8 Å². The summed E-state index contributed by atoms with van der Waals surface area (Å²) >= 11 is 5.87. The number of amides is 1. The van der Waals surface area contributed by atoms with Gasteiger partial charge in [0.25, 0.3) is 5.56 Å². The fraction of sp³-hybridized carbons (Fsp3) is 0.214. The van der Waals surface area contributed by atoms with Crippen molar-refractivity contribution < 1.29 is 4.79 Å². The first-order valence-corrected chi connectivity index (χ1v) is 6.73. The molecule has 0 aliphatic heterocycles. The zero-order valence-corrected chi connectivity index (χ0v) is 11.9. The molecule has 0 aliphatic rings. The predicted molar refractivity (Wildman–Crippen MR) is 79.5 cm³/mol. The van der Waals surface area contributed by atoms with Crippen LogP contribution < -0.4 is 16.6 Å². The Bertz CT molecular complexity index is 751. The molecule has 0 atom stereocenters. The molecule has 0 radical (unpaired) electrons. The van der Waals surface area contributed by atoms with Crippen molar-refractivity contribution in [3.63, 3.8) is 0 Å². The van der Waals surface area contributed by atoms with Crippen molar-refractivity contribution in [3.05, 3.63) is 68.0 Å². The molecule has 21 heavy (non-hydrogen) atoms. The van der Waals surface area contributed by atoms with Gasteiger partial charge in [-0.1, -0.05) is 23.7 Å². The molecule has 1 aromatic heterocycles. The largest absolute Gasteiger partial charge is 0.354 e. The lowest BCUT2D eigenvalue weighted by atomic mass is 10.1. The Morgan fingerprint density at radius 1 is 1.29 bits per heavy atom. The molecule has 0 aliphatic carbocycles. The number of aromatic nitrogens is 2. The number of benzene rings is 1. The summed E-state index contributed by atoms with van der Waals surface area (Å²) in [5, 5.41) is 3.36. The third kappa shape index (κ3) is 4.61. The van der Waals surface area contributed by atoms with Gasteiger partial charge >= 0.3 is 5.69 Å². The standard InChI is InChI=1S/C14H14ClN3O3/c15-11-3-1-2-10(8-11)4-6-16-13(20)9-18-7-5-12(19)17-14(18)21/h1-3,5,7-8H,4,6,9H2,(H,16,20)(H,17,19,21). The van der Waals surface area contributed by atoms with E-state index < -0.39 is 11.2 Å². The normalized spacial score (nSPS) is 10.3. The Hall–Kier alpha value is -2.34. The maximum Gasteiger partial charge on any atom is 0.328 e. The van der Waals surface area contributed by atoms with E-state index in [9.17, 15) is 14.4 Å². The monoisotopic (exact) mass is 307 g/mol. The van der Waals surface area contributed by atoms with Gasteiger partial charge in [-0.2, -0.15) is 0 Å². The van der Waals surface area contributed by atoms with Crippen LogP contribution in [0.2, 0.25) is 5.02 Å². The van der Waals surface area contributed by atoms with Crippen molar-refractivity contribution in [3.8, 4) is 0 Å². The number of carbonyl (C=O) groups excluding carboxylic acids is 1. The van der Waals surface area contributed by atoms with Gasteiger partial charge in [-0.15, -0.1) is 0 Å². The predicted octanol–water partition coefficient (Wildman–Crippen LogP) is 0.549. The van der Waals surface area contributed by atoms with Gasteiger partial charge in [0.1, 0.15) is 6.54 Å². The number of nitrogens with one attached hydrogen (secondary N) is 2. The highest BCUT2D eigenvalue weighted by Crippen LogP contribution is 2.10. The summed E-state index contributed by atoms with van der Waals surface area (Å²) in [6.07, 6.45) is 1.94. The summed E-state index contributed by atoms with van der Waals surface area (Å²) in [4.78, 5) is 36.1. The summed E-state index contributed by atoms with van der Waals surface area (Å²) in [5.41, 5.74) is -0.0749. The third-order valence-corrected chi connectivity index (χ3v) is 3.07. The van der Waals surface area contributed by atoms with Crippen LogP contribution in [0.5, 0.6) is 0 Å². The van der Waals surface area contributed by atoms with Crippen LogP contribution in [0.1, 0.15) is 5.56 Å². The van der Waals surface area contributed by atoms with E-state index in [1.807, 2.05) is 18.2 Å². The van der Waals surface area contributed by atoms with Gasteiger partial charge in [-0.05, 0) is 24.1 Å². The molecule has 1 heterocycles. The molecule has 7 heteroatoms. The fourth-order valence-electron chi connectivity index (χ4n) is 1.82. The molecule has 1 amide bonds. The van der Waals surface area contributed by atoms with E-state index in [1.165, 1.54) is 12.3 Å². The Morgan fingerprint density at radius 2 is 2.10 bits per heavy atom. The average Bonchev–Trinajstić information content (AvgIpc) is 2.42. The molecule has 2 aromatic rings. The van der Waals surface area contributed by atoms with Gasteiger partial charge in [0.05, 0.1) is 0 Å². The molecule has 1 aromatic carbocycles. The lowest BCUT2D eigenvalue weighted by Gasteiger charge is -2.07. The maximum atomic E-state index is 11.7. The highest BCUT2D eigenvalue weighted by molar-refractivity contribution is 6.30. The minimum Gasteiger partial charge on any atom is -0.354 e. The van der Waals surface area contributed by atoms with E-state index in [0.717, 1.165) is 10.1 Å². The number of H-pyrrole nitrogens is 1. The quantitative estimate of drug-likeness (QED) is 0.846. The fourth-order valence-corrected chi connectivity index (χ4v) is 2.03. The van der Waals surface area contributed by atoms with Gasteiger partial charge in [-0.25, -0.2) is 4.79 Å². The highest BCUT2D eigenvalue weighted by Gasteiger charge is 2.04. The first kappa shape index (κ1) is 15.1. The topological polar surface area (TPSA) is 84.0 Å². The molecule has 6 nitrogen and oxygen atoms in total. The molecule has 0 saturated heterocycles. The van der Waals surface area contributed by atoms with Crippen LogP contribution in [0.4, 0.5) is 0 Å². The van der Waals surface area contributed by atoms with Crippen LogP contribution in [0.25, 0.3) is 0 Å². The highest BCUT2D eigenvalue weighted by atomic mass is 35.5. The number of rotatable bonds is 5. The second-order valence-electron chi connectivity index (χ2n) is 4.47. The number of aromatic amines is 1. The molecular formula is C14H14ClN3O3. The van der Waals surface area contributed by atoms with Crippen molar-refractivity contribution in [2.45, 2.75) is 13.0 Å². The van der Waals surface area contributed by atoms with Gasteiger partial charge < -0.3 is 5.32 Å². The first-order valence-electron chi connectivity index (χ1n) is 6.35. The molecule has 2 rings (SSSR count). The number of carbonyl (C=O) groups is 1. The molecule has 0 saturated carbocycles. The summed E-state index contributed by atoms with van der Waals surface area (Å²) < 4.78 is 1.14. The van der Waals surface area contributed by atoms with E-state index in [2.05, 4.69) is 10.3 Å². The van der Waals surface area contributed by atoms with Crippen molar-refractivity contribution in [2.24, 2.45) is 0 Å². The summed E-state index contributed by atoms with van der Waals surface area (Å²) in [6, 6.07) is 8.58. The van der Waals surface area contributed by atoms with E-state index in [0.29, 0.717) is 18.0 Å². The van der Waals surface area contributed by atoms with Crippen molar-refractivity contribution in [1.29, 1.82) is 0 Å². The van der Waals surface area contributed by atoms with Gasteiger partial charge in [0.15, 0.2) is 0 Å². The van der Waals surface area contributed by atoms with Crippen LogP contribution in [-0.4, -0.2) is 22.0 Å². The second-order valence-corrected chi connectivity index (χ2v) is 4.90. The molecular weight excluding hydrogens is 294 g/mol. The van der Waals surface area contributed by atoms with Crippen LogP contribution in [0.15, 0.2) is 46.1 Å². The van der Waals surface area contributed by atoms with Crippen LogP contribution in [0.3, 0.4) is 0 Å². The van der Waals surface area contributed by atoms with E-state index in [-0.39, 0.29) is 12.5 Å². The lowest BCUT2D eigenvalue weighted by molar-refractivity contribution is -0.121. The van der Waals surface area contributed by atoms with Crippen molar-refractivity contribution in [2.75, 3.05) is 6.54 Å². The first-order chi connectivity index (χ1) is 10.0. The van der Waals surface area contributed by atoms with Crippen LogP contribution in [0, 0.1) is 0 Å². The molecule has 0 spiro atoms. The van der Waals surface area contributed by atoms with E-state index in [4.69, 9.17) is 11.6 Å². The SMILES string of the molecule is O=C(Cn1ccc(=O)[nH]c1=O)NCCc1cccc(Cl)c1. The smallest absolute Gasteiger partial charge is 0.328 e. The number of hydrogen-bond acceptors (Lipinski definition) is 3. The van der Waals surface area contributed by atoms with Crippen molar-refractivity contribution >= 4 is 17.5 Å². The Labute approximate surface area is 125 Å². The van der Waals surface area contributed by atoms with Gasteiger partial charge in [-0.3, -0.25) is 19.1 Å². The molecule has 0 unspecified atom stereocenters. The van der Waals surface area contributed by atoms with E-state index in [1.54, 1.807) is 6.07 Å². The molecule has 110 valence electrons. The Balaban J connectivity index is 1.85. The minimum absolute atomic E-state index is 0.134. The minimum atomic E-state index is -0.604. The maximum absolute atomic E-state index is 11.7. The summed E-state index contributed by atoms with van der Waals surface area (Å²) in [5.74, 6) is -0.300. The lowest BCUT2D eigenvalue weighted by Crippen LogP contribution is -2.36. The molecule has 2 N–H and O–H groups in total. The van der Waals surface area contributed by atoms with Crippen LogP contribution >= 0.6 is 11.6 Å². The molecule has 0 bridgehead atoms. The van der Waals surface area contributed by atoms with Gasteiger partial charge in [0.2, 0.25) is 5.91 Å². The number of hydrogen-bond donors (Lipinski definition) is 2. The van der Waals surface area contributed by atoms with E-state index >= 15 is 0 Å². The van der Waals surface area contributed by atoms with Crippen LogP contribution in [-0.2, 0) is 17.8 Å². The third-order valence-electron chi connectivity index (χ3n) is 2.84. The Kier molecular flexibility index (Phi) is 4.94. The Morgan fingerprint density at radius 3 is 2.81 bits per heavy atom. The number of halogens is 1. The average molecular weight is 308 g/mol. The summed E-state index contributed by atoms with van der Waals surface area (Å²) in [7, 11) is 0. The zero-order chi connectivity index (χ0) is 15.2. The molecule has 0 fully saturated rings. The number of nitrogens with zero attached hydrogens (tertiary/aromatic N) is 1.